The van der Waals surface area contributed by atoms with Crippen molar-refractivity contribution in [2.45, 2.75) is 45.7 Å². The molecule has 2 rings (SSSR count). The molecule has 0 aromatic heterocycles. The lowest BCUT2D eigenvalue weighted by molar-refractivity contribution is 0.172. The van der Waals surface area contributed by atoms with Gasteiger partial charge in [-0.15, -0.1) is 24.0 Å². The van der Waals surface area contributed by atoms with Gasteiger partial charge in [-0.25, -0.2) is 4.99 Å². The highest BCUT2D eigenvalue weighted by Crippen LogP contribution is 2.21. The zero-order valence-electron chi connectivity index (χ0n) is 17.8. The lowest BCUT2D eigenvalue weighted by atomic mass is 10.1. The molecule has 1 aromatic rings. The Labute approximate surface area is 187 Å². The van der Waals surface area contributed by atoms with E-state index in [1.54, 1.807) is 7.11 Å². The number of hydrogen-bond donors (Lipinski definition) is 2. The summed E-state index contributed by atoms with van der Waals surface area (Å²) in [6.45, 7) is 9.09. The number of rotatable bonds is 10. The zero-order valence-corrected chi connectivity index (χ0v) is 20.1. The van der Waals surface area contributed by atoms with Crippen molar-refractivity contribution in [1.82, 2.24) is 15.5 Å². The van der Waals surface area contributed by atoms with Crippen LogP contribution in [0.5, 0.6) is 5.75 Å². The fourth-order valence-corrected chi connectivity index (χ4v) is 3.27. The predicted molar refractivity (Wildman–Crippen MR) is 127 cm³/mol. The summed E-state index contributed by atoms with van der Waals surface area (Å²) in [4.78, 5) is 7.19. The predicted octanol–water partition coefficient (Wildman–Crippen LogP) is 3.18. The van der Waals surface area contributed by atoms with Crippen LogP contribution < -0.4 is 15.4 Å². The second kappa shape index (κ2) is 14.0. The molecule has 6 nitrogen and oxygen atoms in total. The molecule has 1 saturated heterocycles. The maximum Gasteiger partial charge on any atom is 0.191 e. The van der Waals surface area contributed by atoms with E-state index >= 15 is 0 Å². The van der Waals surface area contributed by atoms with Crippen molar-refractivity contribution in [2.75, 3.05) is 47.0 Å². The standard InChI is InChI=1S/C21H36N4O2.HI/c1-5-22-21(24-16-19-8-6-11-25(19)3)23-15-18-10-9-17(2)14-20(18)27-13-7-12-26-4;/h9-10,14,19H,5-8,11-13,15-16H2,1-4H3,(H2,22,23,24);1H. The van der Waals surface area contributed by atoms with Crippen LogP contribution in [0.2, 0.25) is 0 Å². The Kier molecular flexibility index (Phi) is 12.5. The van der Waals surface area contributed by atoms with Crippen LogP contribution in [0.4, 0.5) is 0 Å². The van der Waals surface area contributed by atoms with Crippen LogP contribution in [0, 0.1) is 6.92 Å². The minimum absolute atomic E-state index is 0. The number of nitrogens with one attached hydrogen (secondary N) is 2. The number of benzene rings is 1. The number of ether oxygens (including phenoxy) is 2. The zero-order chi connectivity index (χ0) is 19.5. The van der Waals surface area contributed by atoms with E-state index in [2.05, 4.69) is 54.6 Å². The quantitative estimate of drug-likeness (QED) is 0.222. The Hall–Kier alpha value is -1.06. The molecule has 0 saturated carbocycles. The van der Waals surface area contributed by atoms with Crippen molar-refractivity contribution < 1.29 is 9.47 Å². The first-order valence-electron chi connectivity index (χ1n) is 10.1. The maximum absolute atomic E-state index is 5.97. The van der Waals surface area contributed by atoms with Gasteiger partial charge in [0.2, 0.25) is 0 Å². The largest absolute Gasteiger partial charge is 0.493 e. The number of likely N-dealkylation sites (tertiary alicyclic amines) is 1. The average Bonchev–Trinajstić information content (AvgIpc) is 3.07. The molecule has 7 heteroatoms. The number of guanidine groups is 1. The molecule has 1 atom stereocenters. The minimum atomic E-state index is 0. The molecular weight excluding hydrogens is 467 g/mol. The van der Waals surface area contributed by atoms with Crippen molar-refractivity contribution >= 4 is 29.9 Å². The summed E-state index contributed by atoms with van der Waals surface area (Å²) in [5, 5.41) is 6.84. The van der Waals surface area contributed by atoms with Crippen molar-refractivity contribution in [2.24, 2.45) is 4.99 Å². The van der Waals surface area contributed by atoms with Crippen molar-refractivity contribution in [3.05, 3.63) is 29.3 Å². The van der Waals surface area contributed by atoms with E-state index in [9.17, 15) is 0 Å². The van der Waals surface area contributed by atoms with Gasteiger partial charge in [-0.1, -0.05) is 12.1 Å². The van der Waals surface area contributed by atoms with Gasteiger partial charge in [0.05, 0.1) is 13.2 Å². The van der Waals surface area contributed by atoms with Gasteiger partial charge < -0.3 is 25.0 Å². The molecule has 28 heavy (non-hydrogen) atoms. The van der Waals surface area contributed by atoms with Crippen molar-refractivity contribution in [3.8, 4) is 5.75 Å². The summed E-state index contributed by atoms with van der Waals surface area (Å²) in [7, 11) is 3.91. The highest BCUT2D eigenvalue weighted by Gasteiger charge is 2.20. The number of aliphatic imine (C=N–C) groups is 1. The van der Waals surface area contributed by atoms with Gasteiger partial charge in [-0.3, -0.25) is 0 Å². The van der Waals surface area contributed by atoms with Gasteiger partial charge in [0, 0.05) is 44.8 Å². The van der Waals surface area contributed by atoms with E-state index in [0.29, 0.717) is 25.8 Å². The van der Waals surface area contributed by atoms with Gasteiger partial charge in [-0.2, -0.15) is 0 Å². The fraction of sp³-hybridized carbons (Fsp3) is 0.667. The van der Waals surface area contributed by atoms with Crippen LogP contribution in [0.25, 0.3) is 0 Å². The first-order chi connectivity index (χ1) is 13.1. The first-order valence-corrected chi connectivity index (χ1v) is 10.1. The Morgan fingerprint density at radius 1 is 1.29 bits per heavy atom. The molecule has 0 bridgehead atoms. The Bertz CT molecular complexity index is 598. The highest BCUT2D eigenvalue weighted by atomic mass is 127. The molecule has 160 valence electrons. The number of hydrogen-bond acceptors (Lipinski definition) is 4. The molecule has 0 amide bonds. The number of aryl methyl sites for hydroxylation is 1. The number of methoxy groups -OCH3 is 1. The van der Waals surface area contributed by atoms with Gasteiger partial charge in [0.25, 0.3) is 0 Å². The average molecular weight is 504 g/mol. The Morgan fingerprint density at radius 3 is 2.79 bits per heavy atom. The molecule has 1 aliphatic rings. The van der Waals surface area contributed by atoms with Gasteiger partial charge in [-0.05, 0) is 51.9 Å². The fourth-order valence-electron chi connectivity index (χ4n) is 3.27. The van der Waals surface area contributed by atoms with E-state index in [4.69, 9.17) is 14.5 Å². The monoisotopic (exact) mass is 504 g/mol. The summed E-state index contributed by atoms with van der Waals surface area (Å²) in [6, 6.07) is 6.90. The highest BCUT2D eigenvalue weighted by molar-refractivity contribution is 14.0. The summed E-state index contributed by atoms with van der Waals surface area (Å²) in [5.41, 5.74) is 2.30. The van der Waals surface area contributed by atoms with Crippen LogP contribution in [0.1, 0.15) is 37.3 Å². The van der Waals surface area contributed by atoms with Gasteiger partial charge in [0.15, 0.2) is 5.96 Å². The lowest BCUT2D eigenvalue weighted by Crippen LogP contribution is -2.44. The van der Waals surface area contributed by atoms with E-state index in [0.717, 1.165) is 36.8 Å². The number of likely N-dealkylation sites (N-methyl/N-ethyl adjacent to an activating group) is 1. The smallest absolute Gasteiger partial charge is 0.191 e. The molecule has 0 spiro atoms. The SMILES string of the molecule is CCNC(=NCc1ccc(C)cc1OCCCOC)NCC1CCCN1C.I. The normalized spacial score (nSPS) is 17.3. The van der Waals surface area contributed by atoms with E-state index < -0.39 is 0 Å². The molecule has 0 radical (unpaired) electrons. The number of halogens is 1. The minimum Gasteiger partial charge on any atom is -0.493 e. The molecule has 1 heterocycles. The summed E-state index contributed by atoms with van der Waals surface area (Å²) >= 11 is 0. The topological polar surface area (TPSA) is 58.1 Å². The summed E-state index contributed by atoms with van der Waals surface area (Å²) in [5.74, 6) is 1.78. The second-order valence-corrected chi connectivity index (χ2v) is 7.16. The first kappa shape index (κ1) is 25.0. The van der Waals surface area contributed by atoms with Crippen LogP contribution in [0.15, 0.2) is 23.2 Å². The van der Waals surface area contributed by atoms with Crippen LogP contribution in [-0.2, 0) is 11.3 Å². The molecule has 0 aliphatic carbocycles. The summed E-state index contributed by atoms with van der Waals surface area (Å²) in [6.07, 6.45) is 3.41. The van der Waals surface area contributed by atoms with E-state index in [1.165, 1.54) is 24.9 Å². The third-order valence-electron chi connectivity index (χ3n) is 4.90. The second-order valence-electron chi connectivity index (χ2n) is 7.16. The Morgan fingerprint density at radius 2 is 2.11 bits per heavy atom. The van der Waals surface area contributed by atoms with Crippen LogP contribution in [-0.4, -0.2) is 63.9 Å². The van der Waals surface area contributed by atoms with Gasteiger partial charge in [0.1, 0.15) is 5.75 Å². The Balaban J connectivity index is 0.00000392. The van der Waals surface area contributed by atoms with Crippen molar-refractivity contribution in [3.63, 3.8) is 0 Å². The maximum atomic E-state index is 5.97. The molecule has 1 aliphatic heterocycles. The molecule has 1 fully saturated rings. The molecule has 1 aromatic carbocycles. The lowest BCUT2D eigenvalue weighted by Gasteiger charge is -2.21. The third-order valence-corrected chi connectivity index (χ3v) is 4.90. The van der Waals surface area contributed by atoms with E-state index in [1.807, 2.05) is 0 Å². The van der Waals surface area contributed by atoms with Crippen molar-refractivity contribution in [1.29, 1.82) is 0 Å². The molecule has 1 unspecified atom stereocenters. The van der Waals surface area contributed by atoms with Gasteiger partial charge >= 0.3 is 0 Å². The number of nitrogens with zero attached hydrogens (tertiary/aromatic N) is 2. The summed E-state index contributed by atoms with van der Waals surface area (Å²) < 4.78 is 11.1. The molecule has 2 N–H and O–H groups in total. The van der Waals surface area contributed by atoms with E-state index in [-0.39, 0.29) is 24.0 Å². The van der Waals surface area contributed by atoms with Crippen LogP contribution in [0.3, 0.4) is 0 Å². The third kappa shape index (κ3) is 8.53. The molecular formula is C21H37IN4O2. The van der Waals surface area contributed by atoms with Crippen LogP contribution >= 0.6 is 24.0 Å².